The zero-order valence-electron chi connectivity index (χ0n) is 9.02. The fourth-order valence-electron chi connectivity index (χ4n) is 2.42. The van der Waals surface area contributed by atoms with Gasteiger partial charge in [-0.3, -0.25) is 0 Å². The van der Waals surface area contributed by atoms with E-state index in [0.29, 0.717) is 11.8 Å². The summed E-state index contributed by atoms with van der Waals surface area (Å²) in [6.45, 7) is 2.37. The molecule has 0 aromatic carbocycles. The highest BCUT2D eigenvalue weighted by Crippen LogP contribution is 2.36. The van der Waals surface area contributed by atoms with Crippen molar-refractivity contribution in [3.05, 3.63) is 12.2 Å². The maximum absolute atomic E-state index is 9.77. The fraction of sp³-hybridized carbons (Fsp3) is 0.833. The van der Waals surface area contributed by atoms with Gasteiger partial charge < -0.3 is 10.2 Å². The predicted molar refractivity (Wildman–Crippen MR) is 58.0 cm³/mol. The van der Waals surface area contributed by atoms with Crippen molar-refractivity contribution in [2.24, 2.45) is 11.8 Å². The Morgan fingerprint density at radius 3 is 2.71 bits per heavy atom. The van der Waals surface area contributed by atoms with Gasteiger partial charge in [-0.15, -0.1) is 0 Å². The van der Waals surface area contributed by atoms with Gasteiger partial charge >= 0.3 is 0 Å². The Hall–Kier alpha value is -0.340. The van der Waals surface area contributed by atoms with E-state index in [-0.39, 0.29) is 12.7 Å². The molecule has 0 amide bonds. The normalized spacial score (nSPS) is 32.9. The first-order valence-electron chi connectivity index (χ1n) is 5.73. The molecule has 0 spiro atoms. The quantitative estimate of drug-likeness (QED) is 0.664. The molecule has 1 fully saturated rings. The summed E-state index contributed by atoms with van der Waals surface area (Å²) in [5, 5.41) is 18.7. The minimum Gasteiger partial charge on any atom is -0.396 e. The average Bonchev–Trinajstić information content (AvgIpc) is 2.50. The Morgan fingerprint density at radius 1 is 1.29 bits per heavy atom. The lowest BCUT2D eigenvalue weighted by Crippen LogP contribution is -2.19. The SMILES string of the molecule is CC/C=C\C[C@H]1C(O)CC[C@@H]1CCO. The van der Waals surface area contributed by atoms with Crippen LogP contribution in [0.25, 0.3) is 0 Å². The van der Waals surface area contributed by atoms with Gasteiger partial charge in [-0.1, -0.05) is 19.1 Å². The van der Waals surface area contributed by atoms with Crippen molar-refractivity contribution in [2.75, 3.05) is 6.61 Å². The standard InChI is InChI=1S/C12H22O2/c1-2-3-4-5-11-10(8-9-13)6-7-12(11)14/h3-4,10-14H,2,5-9H2,1H3/b4-3-/t10-,11-,12?/m1/s1. The van der Waals surface area contributed by atoms with Crippen LogP contribution in [0.3, 0.4) is 0 Å². The van der Waals surface area contributed by atoms with Crippen molar-refractivity contribution in [3.63, 3.8) is 0 Å². The van der Waals surface area contributed by atoms with E-state index in [1.54, 1.807) is 0 Å². The number of rotatable bonds is 5. The molecule has 0 radical (unpaired) electrons. The highest BCUT2D eigenvalue weighted by molar-refractivity contribution is 4.91. The average molecular weight is 198 g/mol. The fourth-order valence-corrected chi connectivity index (χ4v) is 2.42. The molecular formula is C12H22O2. The van der Waals surface area contributed by atoms with Crippen LogP contribution in [-0.4, -0.2) is 22.9 Å². The maximum atomic E-state index is 9.77. The smallest absolute Gasteiger partial charge is 0.0574 e. The van der Waals surface area contributed by atoms with Crippen LogP contribution in [0.5, 0.6) is 0 Å². The topological polar surface area (TPSA) is 40.5 Å². The van der Waals surface area contributed by atoms with E-state index in [1.165, 1.54) is 0 Å². The second-order valence-corrected chi connectivity index (χ2v) is 4.20. The van der Waals surface area contributed by atoms with Crippen molar-refractivity contribution in [1.29, 1.82) is 0 Å². The number of hydrogen-bond acceptors (Lipinski definition) is 2. The first-order chi connectivity index (χ1) is 6.79. The molecule has 3 atom stereocenters. The van der Waals surface area contributed by atoms with E-state index >= 15 is 0 Å². The van der Waals surface area contributed by atoms with Gasteiger partial charge in [0.2, 0.25) is 0 Å². The Kier molecular flexibility index (Phi) is 5.20. The summed E-state index contributed by atoms with van der Waals surface area (Å²) in [6.07, 6.45) is 9.05. The van der Waals surface area contributed by atoms with E-state index in [2.05, 4.69) is 19.1 Å². The highest BCUT2D eigenvalue weighted by Gasteiger charge is 2.33. The van der Waals surface area contributed by atoms with Crippen molar-refractivity contribution in [3.8, 4) is 0 Å². The minimum atomic E-state index is -0.145. The van der Waals surface area contributed by atoms with E-state index in [4.69, 9.17) is 5.11 Å². The first-order valence-corrected chi connectivity index (χ1v) is 5.73. The van der Waals surface area contributed by atoms with Crippen molar-refractivity contribution >= 4 is 0 Å². The summed E-state index contributed by atoms with van der Waals surface area (Å²) in [5.74, 6) is 0.904. The summed E-state index contributed by atoms with van der Waals surface area (Å²) in [7, 11) is 0. The van der Waals surface area contributed by atoms with Gasteiger partial charge in [0.05, 0.1) is 6.10 Å². The molecule has 1 aliphatic carbocycles. The summed E-state index contributed by atoms with van der Waals surface area (Å²) in [5.41, 5.74) is 0. The van der Waals surface area contributed by atoms with E-state index in [0.717, 1.165) is 32.1 Å². The zero-order chi connectivity index (χ0) is 10.4. The van der Waals surface area contributed by atoms with Crippen LogP contribution in [0.2, 0.25) is 0 Å². The Bertz CT molecular complexity index is 175. The molecule has 0 heterocycles. The molecule has 0 bridgehead atoms. The number of aliphatic hydroxyl groups excluding tert-OH is 2. The maximum Gasteiger partial charge on any atom is 0.0574 e. The van der Waals surface area contributed by atoms with Crippen LogP contribution >= 0.6 is 0 Å². The van der Waals surface area contributed by atoms with Crippen LogP contribution in [0.15, 0.2) is 12.2 Å². The molecule has 0 saturated heterocycles. The Labute approximate surface area is 86.6 Å². The molecular weight excluding hydrogens is 176 g/mol. The van der Waals surface area contributed by atoms with Crippen molar-refractivity contribution < 1.29 is 10.2 Å². The molecule has 1 rings (SSSR count). The highest BCUT2D eigenvalue weighted by atomic mass is 16.3. The molecule has 2 N–H and O–H groups in total. The molecule has 0 aromatic heterocycles. The second kappa shape index (κ2) is 6.20. The van der Waals surface area contributed by atoms with Crippen LogP contribution in [0.1, 0.15) is 39.0 Å². The van der Waals surface area contributed by atoms with Crippen molar-refractivity contribution in [2.45, 2.75) is 45.1 Å². The lowest BCUT2D eigenvalue weighted by molar-refractivity contribution is 0.111. The summed E-state index contributed by atoms with van der Waals surface area (Å²) < 4.78 is 0. The lowest BCUT2D eigenvalue weighted by Gasteiger charge is -2.19. The summed E-state index contributed by atoms with van der Waals surface area (Å²) >= 11 is 0. The molecule has 1 aliphatic rings. The van der Waals surface area contributed by atoms with Gasteiger partial charge in [0, 0.05) is 6.61 Å². The monoisotopic (exact) mass is 198 g/mol. The van der Waals surface area contributed by atoms with E-state index < -0.39 is 0 Å². The third kappa shape index (κ3) is 3.10. The van der Waals surface area contributed by atoms with Crippen LogP contribution in [-0.2, 0) is 0 Å². The van der Waals surface area contributed by atoms with Gasteiger partial charge in [0.25, 0.3) is 0 Å². The molecule has 0 aromatic rings. The van der Waals surface area contributed by atoms with Crippen LogP contribution in [0, 0.1) is 11.8 Å². The minimum absolute atomic E-state index is 0.145. The molecule has 2 nitrogen and oxygen atoms in total. The Morgan fingerprint density at radius 2 is 2.07 bits per heavy atom. The molecule has 1 saturated carbocycles. The molecule has 1 unspecified atom stereocenters. The van der Waals surface area contributed by atoms with Crippen LogP contribution < -0.4 is 0 Å². The van der Waals surface area contributed by atoms with Gasteiger partial charge in [0.15, 0.2) is 0 Å². The summed E-state index contributed by atoms with van der Waals surface area (Å²) in [6, 6.07) is 0. The second-order valence-electron chi connectivity index (χ2n) is 4.20. The number of hydrogen-bond donors (Lipinski definition) is 2. The van der Waals surface area contributed by atoms with Crippen molar-refractivity contribution in [1.82, 2.24) is 0 Å². The number of allylic oxidation sites excluding steroid dienone is 2. The Balaban J connectivity index is 2.40. The van der Waals surface area contributed by atoms with Crippen LogP contribution in [0.4, 0.5) is 0 Å². The molecule has 2 heteroatoms. The predicted octanol–water partition coefficient (Wildman–Crippen LogP) is 2.11. The lowest BCUT2D eigenvalue weighted by atomic mass is 9.89. The summed E-state index contributed by atoms with van der Waals surface area (Å²) in [4.78, 5) is 0. The van der Waals surface area contributed by atoms with Gasteiger partial charge in [-0.05, 0) is 43.9 Å². The molecule has 0 aliphatic heterocycles. The van der Waals surface area contributed by atoms with E-state index in [9.17, 15) is 5.11 Å². The third-order valence-electron chi connectivity index (χ3n) is 3.24. The first kappa shape index (κ1) is 11.7. The molecule has 82 valence electrons. The van der Waals surface area contributed by atoms with Gasteiger partial charge in [-0.2, -0.15) is 0 Å². The van der Waals surface area contributed by atoms with E-state index in [1.807, 2.05) is 0 Å². The van der Waals surface area contributed by atoms with Gasteiger partial charge in [-0.25, -0.2) is 0 Å². The third-order valence-corrected chi connectivity index (χ3v) is 3.24. The number of aliphatic hydroxyl groups is 2. The molecule has 14 heavy (non-hydrogen) atoms. The largest absolute Gasteiger partial charge is 0.396 e. The zero-order valence-corrected chi connectivity index (χ0v) is 9.02. The van der Waals surface area contributed by atoms with Gasteiger partial charge in [0.1, 0.15) is 0 Å².